The number of esters is 1. The third-order valence-electron chi connectivity index (χ3n) is 2.05. The Kier molecular flexibility index (Phi) is 4.19. The van der Waals surface area contributed by atoms with Crippen molar-refractivity contribution in [2.24, 2.45) is 0 Å². The van der Waals surface area contributed by atoms with Gasteiger partial charge in [-0.15, -0.1) is 0 Å². The first kappa shape index (κ1) is 12.4. The fourth-order valence-electron chi connectivity index (χ4n) is 1.19. The van der Waals surface area contributed by atoms with Crippen molar-refractivity contribution in [2.45, 2.75) is 13.0 Å². The SMILES string of the molecule is C=C(c1ccc(F)cc1)C(O)C(=O)OCC. The first-order valence-electron chi connectivity index (χ1n) is 4.85. The average Bonchev–Trinajstić information content (AvgIpc) is 2.28. The van der Waals surface area contributed by atoms with E-state index in [1.165, 1.54) is 24.3 Å². The highest BCUT2D eigenvalue weighted by Gasteiger charge is 2.20. The second-order valence-electron chi connectivity index (χ2n) is 3.19. The number of halogens is 1. The monoisotopic (exact) mass is 224 g/mol. The predicted molar refractivity (Wildman–Crippen MR) is 58.1 cm³/mol. The number of aliphatic hydroxyl groups excluding tert-OH is 1. The average molecular weight is 224 g/mol. The Balaban J connectivity index is 2.78. The molecule has 1 N–H and O–H groups in total. The van der Waals surface area contributed by atoms with Crippen LogP contribution in [0.25, 0.3) is 5.57 Å². The maximum absolute atomic E-state index is 12.6. The van der Waals surface area contributed by atoms with E-state index in [0.29, 0.717) is 5.56 Å². The Morgan fingerprint density at radius 3 is 2.56 bits per heavy atom. The van der Waals surface area contributed by atoms with Crippen molar-refractivity contribution in [2.75, 3.05) is 6.61 Å². The highest BCUT2D eigenvalue weighted by Crippen LogP contribution is 2.17. The maximum atomic E-state index is 12.6. The summed E-state index contributed by atoms with van der Waals surface area (Å²) in [5.74, 6) is -1.14. The van der Waals surface area contributed by atoms with E-state index in [9.17, 15) is 14.3 Å². The van der Waals surface area contributed by atoms with Crippen molar-refractivity contribution in [1.29, 1.82) is 0 Å². The summed E-state index contributed by atoms with van der Waals surface area (Å²) in [7, 11) is 0. The highest BCUT2D eigenvalue weighted by atomic mass is 19.1. The molecule has 1 unspecified atom stereocenters. The first-order valence-corrected chi connectivity index (χ1v) is 4.85. The molecule has 0 bridgehead atoms. The van der Waals surface area contributed by atoms with Crippen LogP contribution in [-0.4, -0.2) is 23.8 Å². The van der Waals surface area contributed by atoms with Crippen LogP contribution in [0.1, 0.15) is 12.5 Å². The van der Waals surface area contributed by atoms with E-state index in [-0.39, 0.29) is 18.0 Å². The Morgan fingerprint density at radius 1 is 1.50 bits per heavy atom. The minimum absolute atomic E-state index is 0.187. The summed E-state index contributed by atoms with van der Waals surface area (Å²) in [6.45, 7) is 5.42. The minimum Gasteiger partial charge on any atom is -0.464 e. The third-order valence-corrected chi connectivity index (χ3v) is 2.05. The van der Waals surface area contributed by atoms with Crippen LogP contribution in [0, 0.1) is 5.82 Å². The molecule has 0 aliphatic rings. The van der Waals surface area contributed by atoms with Crippen molar-refractivity contribution in [3.8, 4) is 0 Å². The molecule has 0 amide bonds. The molecule has 86 valence electrons. The number of carbonyl (C=O) groups excluding carboxylic acids is 1. The summed E-state index contributed by atoms with van der Waals surface area (Å²) in [4.78, 5) is 11.2. The Morgan fingerprint density at radius 2 is 2.06 bits per heavy atom. The molecule has 0 saturated heterocycles. The van der Waals surface area contributed by atoms with Crippen LogP contribution in [0.5, 0.6) is 0 Å². The van der Waals surface area contributed by atoms with E-state index in [1.54, 1.807) is 6.92 Å². The number of hydrogen-bond donors (Lipinski definition) is 1. The molecule has 0 aliphatic carbocycles. The molecular weight excluding hydrogens is 211 g/mol. The topological polar surface area (TPSA) is 46.5 Å². The Hall–Kier alpha value is -1.68. The summed E-state index contributed by atoms with van der Waals surface area (Å²) in [5.41, 5.74) is 0.695. The van der Waals surface area contributed by atoms with Crippen molar-refractivity contribution >= 4 is 11.5 Å². The van der Waals surface area contributed by atoms with E-state index in [4.69, 9.17) is 0 Å². The van der Waals surface area contributed by atoms with Crippen LogP contribution < -0.4 is 0 Å². The van der Waals surface area contributed by atoms with Gasteiger partial charge in [-0.25, -0.2) is 9.18 Å². The standard InChI is InChI=1S/C12H13FO3/c1-3-16-12(15)11(14)8(2)9-4-6-10(13)7-5-9/h4-7,11,14H,2-3H2,1H3. The van der Waals surface area contributed by atoms with Gasteiger partial charge >= 0.3 is 5.97 Å². The summed E-state index contributed by atoms with van der Waals surface area (Å²) in [6, 6.07) is 5.36. The summed E-state index contributed by atoms with van der Waals surface area (Å²) < 4.78 is 17.3. The highest BCUT2D eigenvalue weighted by molar-refractivity contribution is 5.90. The van der Waals surface area contributed by atoms with Crippen molar-refractivity contribution in [1.82, 2.24) is 0 Å². The van der Waals surface area contributed by atoms with Crippen LogP contribution in [-0.2, 0) is 9.53 Å². The van der Waals surface area contributed by atoms with E-state index in [2.05, 4.69) is 11.3 Å². The van der Waals surface area contributed by atoms with E-state index in [1.807, 2.05) is 0 Å². The second-order valence-corrected chi connectivity index (χ2v) is 3.19. The number of carbonyl (C=O) groups is 1. The van der Waals surface area contributed by atoms with Crippen LogP contribution in [0.3, 0.4) is 0 Å². The summed E-state index contributed by atoms with van der Waals surface area (Å²) in [5, 5.41) is 9.57. The van der Waals surface area contributed by atoms with Gasteiger partial charge in [0.1, 0.15) is 5.82 Å². The molecule has 0 radical (unpaired) electrons. The van der Waals surface area contributed by atoms with Gasteiger partial charge in [0.05, 0.1) is 6.61 Å². The van der Waals surface area contributed by atoms with Gasteiger partial charge in [-0.1, -0.05) is 18.7 Å². The zero-order valence-electron chi connectivity index (χ0n) is 8.94. The van der Waals surface area contributed by atoms with E-state index >= 15 is 0 Å². The van der Waals surface area contributed by atoms with E-state index < -0.39 is 12.1 Å². The summed E-state index contributed by atoms with van der Waals surface area (Å²) in [6.07, 6.45) is -1.41. The lowest BCUT2D eigenvalue weighted by molar-refractivity contribution is -0.149. The first-order chi connectivity index (χ1) is 7.56. The van der Waals surface area contributed by atoms with Crippen LogP contribution >= 0.6 is 0 Å². The van der Waals surface area contributed by atoms with Crippen molar-refractivity contribution in [3.05, 3.63) is 42.2 Å². The molecule has 1 aromatic rings. The molecular formula is C12H13FO3. The molecule has 0 saturated carbocycles. The number of rotatable bonds is 4. The lowest BCUT2D eigenvalue weighted by Crippen LogP contribution is -2.24. The molecule has 1 aromatic carbocycles. The number of aliphatic hydroxyl groups is 1. The lowest BCUT2D eigenvalue weighted by atomic mass is 10.0. The van der Waals surface area contributed by atoms with Gasteiger partial charge < -0.3 is 9.84 Å². The fraction of sp³-hybridized carbons (Fsp3) is 0.250. The molecule has 4 heteroatoms. The number of ether oxygens (including phenoxy) is 1. The van der Waals surface area contributed by atoms with Gasteiger partial charge in [-0.2, -0.15) is 0 Å². The second kappa shape index (κ2) is 5.42. The Labute approximate surface area is 93.2 Å². The quantitative estimate of drug-likeness (QED) is 0.793. The van der Waals surface area contributed by atoms with Crippen LogP contribution in [0.2, 0.25) is 0 Å². The molecule has 16 heavy (non-hydrogen) atoms. The molecule has 0 spiro atoms. The molecule has 1 rings (SSSR count). The molecule has 0 aromatic heterocycles. The van der Waals surface area contributed by atoms with Gasteiger partial charge in [0, 0.05) is 0 Å². The van der Waals surface area contributed by atoms with Gasteiger partial charge in [-0.05, 0) is 30.2 Å². The van der Waals surface area contributed by atoms with Crippen LogP contribution in [0.4, 0.5) is 4.39 Å². The maximum Gasteiger partial charge on any atom is 0.339 e. The molecule has 3 nitrogen and oxygen atoms in total. The minimum atomic E-state index is -1.41. The zero-order chi connectivity index (χ0) is 12.1. The molecule has 0 aliphatic heterocycles. The van der Waals surface area contributed by atoms with E-state index in [0.717, 1.165) is 0 Å². The van der Waals surface area contributed by atoms with Gasteiger partial charge in [-0.3, -0.25) is 0 Å². The number of hydrogen-bond acceptors (Lipinski definition) is 3. The zero-order valence-corrected chi connectivity index (χ0v) is 8.94. The van der Waals surface area contributed by atoms with Crippen LogP contribution in [0.15, 0.2) is 30.8 Å². The molecule has 0 fully saturated rings. The van der Waals surface area contributed by atoms with Crippen molar-refractivity contribution < 1.29 is 19.0 Å². The van der Waals surface area contributed by atoms with Gasteiger partial charge in [0.15, 0.2) is 6.10 Å². The third kappa shape index (κ3) is 2.90. The smallest absolute Gasteiger partial charge is 0.339 e. The van der Waals surface area contributed by atoms with Gasteiger partial charge in [0.2, 0.25) is 0 Å². The predicted octanol–water partition coefficient (Wildman–Crippen LogP) is 1.76. The Bertz CT molecular complexity index is 384. The van der Waals surface area contributed by atoms with Crippen molar-refractivity contribution in [3.63, 3.8) is 0 Å². The summed E-state index contributed by atoms with van der Waals surface area (Å²) >= 11 is 0. The molecule has 0 heterocycles. The number of benzene rings is 1. The fourth-order valence-corrected chi connectivity index (χ4v) is 1.19. The molecule has 1 atom stereocenters. The van der Waals surface area contributed by atoms with Gasteiger partial charge in [0.25, 0.3) is 0 Å². The lowest BCUT2D eigenvalue weighted by Gasteiger charge is -2.12. The normalized spacial score (nSPS) is 11.9. The largest absolute Gasteiger partial charge is 0.464 e.